The quantitative estimate of drug-likeness (QED) is 0.854. The van der Waals surface area contributed by atoms with E-state index < -0.39 is 11.6 Å². The Morgan fingerprint density at radius 3 is 2.28 bits per heavy atom. The molecule has 0 spiro atoms. The first-order valence-corrected chi connectivity index (χ1v) is 6.73. The van der Waals surface area contributed by atoms with E-state index in [2.05, 4.69) is 12.2 Å². The largest absolute Gasteiger partial charge is 0.312 e. The number of hydrogen-bond acceptors (Lipinski definition) is 1. The molecule has 1 N–H and O–H groups in total. The summed E-state index contributed by atoms with van der Waals surface area (Å²) in [5.41, 5.74) is 1.02. The van der Waals surface area contributed by atoms with E-state index in [1.54, 1.807) is 0 Å². The van der Waals surface area contributed by atoms with Crippen molar-refractivity contribution >= 4 is 0 Å². The molecule has 0 radical (unpaired) electrons. The van der Waals surface area contributed by atoms with Crippen LogP contribution in [0.3, 0.4) is 0 Å². The van der Waals surface area contributed by atoms with E-state index >= 15 is 0 Å². The lowest BCUT2D eigenvalue weighted by molar-refractivity contribution is 0.207. The number of rotatable bonds is 4. The van der Waals surface area contributed by atoms with Crippen LogP contribution in [0.5, 0.6) is 0 Å². The van der Waals surface area contributed by atoms with Crippen LogP contribution in [0.2, 0.25) is 0 Å². The molecule has 0 aliphatic heterocycles. The SMILES string of the molecule is CC1(CNCc2cc(F)cc(F)c2)CCCCC1. The molecule has 0 atom stereocenters. The minimum absolute atomic E-state index is 0.351. The van der Waals surface area contributed by atoms with E-state index in [0.29, 0.717) is 17.5 Å². The van der Waals surface area contributed by atoms with Gasteiger partial charge in [-0.15, -0.1) is 0 Å². The molecule has 100 valence electrons. The maximum atomic E-state index is 13.0. The predicted octanol–water partition coefficient (Wildman–Crippen LogP) is 4.02. The van der Waals surface area contributed by atoms with Gasteiger partial charge < -0.3 is 5.32 Å². The fourth-order valence-electron chi connectivity index (χ4n) is 2.80. The van der Waals surface area contributed by atoms with Gasteiger partial charge in [0.2, 0.25) is 0 Å². The fraction of sp³-hybridized carbons (Fsp3) is 0.600. The second kappa shape index (κ2) is 5.79. The summed E-state index contributed by atoms with van der Waals surface area (Å²) in [5.74, 6) is -1.01. The maximum absolute atomic E-state index is 13.0. The standard InChI is InChI=1S/C15H21F2N/c1-15(5-3-2-4-6-15)11-18-10-12-7-13(16)9-14(17)8-12/h7-9,18H,2-6,10-11H2,1H3. The molecule has 0 unspecified atom stereocenters. The minimum Gasteiger partial charge on any atom is -0.312 e. The highest BCUT2D eigenvalue weighted by molar-refractivity contribution is 5.17. The maximum Gasteiger partial charge on any atom is 0.126 e. The summed E-state index contributed by atoms with van der Waals surface area (Å²) in [5, 5.41) is 3.33. The molecular weight excluding hydrogens is 232 g/mol. The van der Waals surface area contributed by atoms with E-state index in [1.807, 2.05) is 0 Å². The second-order valence-corrected chi connectivity index (χ2v) is 5.75. The van der Waals surface area contributed by atoms with Gasteiger partial charge in [0.05, 0.1) is 0 Å². The van der Waals surface area contributed by atoms with Crippen LogP contribution in [-0.4, -0.2) is 6.54 Å². The monoisotopic (exact) mass is 253 g/mol. The third-order valence-electron chi connectivity index (χ3n) is 3.86. The van der Waals surface area contributed by atoms with Crippen LogP contribution in [0.25, 0.3) is 0 Å². The molecule has 0 aromatic heterocycles. The van der Waals surface area contributed by atoms with Crippen molar-refractivity contribution in [3.63, 3.8) is 0 Å². The lowest BCUT2D eigenvalue weighted by Crippen LogP contribution is -2.33. The van der Waals surface area contributed by atoms with Gasteiger partial charge in [0.1, 0.15) is 11.6 Å². The van der Waals surface area contributed by atoms with Gasteiger partial charge in [-0.05, 0) is 36.0 Å². The summed E-state index contributed by atoms with van der Waals surface area (Å²) in [6, 6.07) is 3.69. The first-order chi connectivity index (χ1) is 8.57. The van der Waals surface area contributed by atoms with Crippen LogP contribution < -0.4 is 5.32 Å². The average Bonchev–Trinajstić information content (AvgIpc) is 2.28. The van der Waals surface area contributed by atoms with E-state index in [4.69, 9.17) is 0 Å². The van der Waals surface area contributed by atoms with Gasteiger partial charge in [-0.1, -0.05) is 26.2 Å². The lowest BCUT2D eigenvalue weighted by Gasteiger charge is -2.33. The van der Waals surface area contributed by atoms with Crippen LogP contribution in [0, 0.1) is 17.0 Å². The molecule has 1 aromatic rings. The van der Waals surface area contributed by atoms with Gasteiger partial charge >= 0.3 is 0 Å². The summed E-state index contributed by atoms with van der Waals surface area (Å²) in [7, 11) is 0. The zero-order valence-corrected chi connectivity index (χ0v) is 10.9. The Hall–Kier alpha value is -0.960. The van der Waals surface area contributed by atoms with E-state index in [9.17, 15) is 8.78 Å². The third kappa shape index (κ3) is 3.77. The van der Waals surface area contributed by atoms with Crippen molar-refractivity contribution in [1.82, 2.24) is 5.32 Å². The molecule has 2 rings (SSSR count). The molecule has 1 aromatic carbocycles. The molecule has 1 saturated carbocycles. The smallest absolute Gasteiger partial charge is 0.126 e. The van der Waals surface area contributed by atoms with Gasteiger partial charge in [0.15, 0.2) is 0 Å². The Labute approximate surface area is 108 Å². The molecule has 0 amide bonds. The average molecular weight is 253 g/mol. The van der Waals surface area contributed by atoms with Crippen molar-refractivity contribution in [2.24, 2.45) is 5.41 Å². The Morgan fingerprint density at radius 1 is 1.06 bits per heavy atom. The van der Waals surface area contributed by atoms with Crippen molar-refractivity contribution in [1.29, 1.82) is 0 Å². The minimum atomic E-state index is -0.504. The van der Waals surface area contributed by atoms with Crippen LogP contribution in [0.1, 0.15) is 44.6 Å². The molecule has 1 aliphatic carbocycles. The van der Waals surface area contributed by atoms with Crippen molar-refractivity contribution in [3.8, 4) is 0 Å². The first kappa shape index (κ1) is 13.5. The third-order valence-corrected chi connectivity index (χ3v) is 3.86. The number of benzene rings is 1. The van der Waals surface area contributed by atoms with E-state index in [-0.39, 0.29) is 0 Å². The summed E-state index contributed by atoms with van der Waals surface area (Å²) in [4.78, 5) is 0. The normalized spacial score (nSPS) is 18.8. The van der Waals surface area contributed by atoms with Gasteiger partial charge in [-0.2, -0.15) is 0 Å². The van der Waals surface area contributed by atoms with Gasteiger partial charge in [-0.25, -0.2) is 8.78 Å². The Kier molecular flexibility index (Phi) is 4.33. The van der Waals surface area contributed by atoms with Crippen molar-refractivity contribution in [2.45, 2.75) is 45.6 Å². The van der Waals surface area contributed by atoms with Crippen molar-refractivity contribution in [2.75, 3.05) is 6.54 Å². The molecule has 0 saturated heterocycles. The van der Waals surface area contributed by atoms with E-state index in [0.717, 1.165) is 12.6 Å². The van der Waals surface area contributed by atoms with Crippen molar-refractivity contribution in [3.05, 3.63) is 35.4 Å². The van der Waals surface area contributed by atoms with E-state index in [1.165, 1.54) is 44.2 Å². The fourth-order valence-corrected chi connectivity index (χ4v) is 2.80. The molecule has 0 heterocycles. The lowest BCUT2D eigenvalue weighted by atomic mass is 9.76. The number of halogens is 2. The van der Waals surface area contributed by atoms with Crippen molar-refractivity contribution < 1.29 is 8.78 Å². The summed E-state index contributed by atoms with van der Waals surface area (Å²) in [6.45, 7) is 3.75. The second-order valence-electron chi connectivity index (χ2n) is 5.75. The molecule has 1 fully saturated rings. The van der Waals surface area contributed by atoms with Gasteiger partial charge in [0, 0.05) is 19.2 Å². The Balaban J connectivity index is 1.84. The zero-order valence-electron chi connectivity index (χ0n) is 10.9. The summed E-state index contributed by atoms with van der Waals surface area (Å²) in [6.07, 6.45) is 6.43. The predicted molar refractivity (Wildman–Crippen MR) is 69.3 cm³/mol. The number of nitrogens with one attached hydrogen (secondary N) is 1. The topological polar surface area (TPSA) is 12.0 Å². The van der Waals surface area contributed by atoms with Crippen LogP contribution in [0.15, 0.2) is 18.2 Å². The Morgan fingerprint density at radius 2 is 1.67 bits per heavy atom. The molecule has 1 nitrogen and oxygen atoms in total. The van der Waals surface area contributed by atoms with Crippen LogP contribution >= 0.6 is 0 Å². The Bertz CT molecular complexity index is 377. The van der Waals surface area contributed by atoms with Gasteiger partial charge in [-0.3, -0.25) is 0 Å². The highest BCUT2D eigenvalue weighted by Gasteiger charge is 2.25. The molecule has 0 bridgehead atoms. The van der Waals surface area contributed by atoms with Gasteiger partial charge in [0.25, 0.3) is 0 Å². The number of hydrogen-bond donors (Lipinski definition) is 1. The highest BCUT2D eigenvalue weighted by Crippen LogP contribution is 2.34. The molecule has 18 heavy (non-hydrogen) atoms. The molecular formula is C15H21F2N. The summed E-state index contributed by atoms with van der Waals surface area (Å²) >= 11 is 0. The molecule has 3 heteroatoms. The highest BCUT2D eigenvalue weighted by atomic mass is 19.1. The first-order valence-electron chi connectivity index (χ1n) is 6.73. The summed E-state index contributed by atoms with van der Waals surface area (Å²) < 4.78 is 26.0. The molecule has 1 aliphatic rings. The zero-order chi connectivity index (χ0) is 13.0. The van der Waals surface area contributed by atoms with Crippen LogP contribution in [0.4, 0.5) is 8.78 Å². The van der Waals surface area contributed by atoms with Crippen LogP contribution in [-0.2, 0) is 6.54 Å².